The van der Waals surface area contributed by atoms with Crippen molar-refractivity contribution in [2.75, 3.05) is 33.7 Å². The SMILES string of the molecule is CCc1ccc(-n2c(C(CCCN)N(CCN(C)C)C(=O)Cc3ccc(Cl)c(Cl)c3)nc3ccccc3c2=O)cc1. The van der Waals surface area contributed by atoms with Crippen molar-refractivity contribution in [2.24, 2.45) is 5.73 Å². The lowest BCUT2D eigenvalue weighted by atomic mass is 10.0. The summed E-state index contributed by atoms with van der Waals surface area (Å²) in [6.45, 7) is 3.62. The summed E-state index contributed by atoms with van der Waals surface area (Å²) in [5.41, 5.74) is 9.04. The van der Waals surface area contributed by atoms with E-state index in [0.717, 1.165) is 12.0 Å². The standard InChI is InChI=1S/C32H37Cl2N5O2/c1-4-22-11-14-24(15-12-22)39-31(36-28-9-6-5-8-25(28)32(39)41)29(10-7-17-35)38(19-18-37(2)3)30(40)21-23-13-16-26(33)27(34)20-23/h5-6,8-9,11-16,20,29H,4,7,10,17-19,21,35H2,1-3H3. The lowest BCUT2D eigenvalue weighted by Gasteiger charge is -2.34. The summed E-state index contributed by atoms with van der Waals surface area (Å²) in [4.78, 5) is 37.0. The Kier molecular flexibility index (Phi) is 10.6. The maximum Gasteiger partial charge on any atom is 0.266 e. The molecule has 0 aliphatic rings. The zero-order valence-corrected chi connectivity index (χ0v) is 25.3. The summed E-state index contributed by atoms with van der Waals surface area (Å²) in [6, 6.07) is 20.0. The fourth-order valence-electron chi connectivity index (χ4n) is 4.93. The third-order valence-electron chi connectivity index (χ3n) is 7.21. The molecule has 1 unspecified atom stereocenters. The molecule has 1 heterocycles. The number of amides is 1. The molecule has 0 aliphatic heterocycles. The number of fused-ring (bicyclic) bond motifs is 1. The smallest absolute Gasteiger partial charge is 0.266 e. The van der Waals surface area contributed by atoms with E-state index in [1.807, 2.05) is 72.4 Å². The predicted octanol–water partition coefficient (Wildman–Crippen LogP) is 5.67. The molecule has 9 heteroatoms. The largest absolute Gasteiger partial charge is 0.331 e. The molecule has 0 fully saturated rings. The highest BCUT2D eigenvalue weighted by Crippen LogP contribution is 2.29. The van der Waals surface area contributed by atoms with Crippen molar-refractivity contribution < 1.29 is 4.79 Å². The van der Waals surface area contributed by atoms with Crippen LogP contribution >= 0.6 is 23.2 Å². The Balaban J connectivity index is 1.89. The van der Waals surface area contributed by atoms with E-state index in [4.69, 9.17) is 33.9 Å². The third-order valence-corrected chi connectivity index (χ3v) is 7.95. The first-order valence-electron chi connectivity index (χ1n) is 13.9. The van der Waals surface area contributed by atoms with E-state index >= 15 is 0 Å². The van der Waals surface area contributed by atoms with E-state index in [9.17, 15) is 9.59 Å². The van der Waals surface area contributed by atoms with Gasteiger partial charge in [0.25, 0.3) is 5.56 Å². The van der Waals surface area contributed by atoms with Gasteiger partial charge in [0, 0.05) is 13.1 Å². The minimum atomic E-state index is -0.489. The lowest BCUT2D eigenvalue weighted by Crippen LogP contribution is -2.42. The summed E-state index contributed by atoms with van der Waals surface area (Å²) in [5.74, 6) is 0.426. The van der Waals surface area contributed by atoms with Gasteiger partial charge in [0.2, 0.25) is 5.91 Å². The average Bonchev–Trinajstić information content (AvgIpc) is 2.96. The monoisotopic (exact) mass is 593 g/mol. The number of carbonyl (C=O) groups is 1. The van der Waals surface area contributed by atoms with Gasteiger partial charge in [-0.3, -0.25) is 14.2 Å². The quantitative estimate of drug-likeness (QED) is 0.229. The van der Waals surface area contributed by atoms with Gasteiger partial charge in [0.1, 0.15) is 5.82 Å². The zero-order chi connectivity index (χ0) is 29.5. The van der Waals surface area contributed by atoms with E-state index in [0.29, 0.717) is 64.9 Å². The first-order valence-corrected chi connectivity index (χ1v) is 14.7. The third kappa shape index (κ3) is 7.35. The van der Waals surface area contributed by atoms with Crippen molar-refractivity contribution in [2.45, 2.75) is 38.6 Å². The molecule has 0 spiro atoms. The maximum atomic E-state index is 14.1. The minimum absolute atomic E-state index is 0.0949. The van der Waals surface area contributed by atoms with E-state index in [-0.39, 0.29) is 17.9 Å². The highest BCUT2D eigenvalue weighted by Gasteiger charge is 2.30. The second-order valence-electron chi connectivity index (χ2n) is 10.4. The first-order chi connectivity index (χ1) is 19.7. The summed E-state index contributed by atoms with van der Waals surface area (Å²) < 4.78 is 1.66. The van der Waals surface area contributed by atoms with Crippen LogP contribution in [0.2, 0.25) is 10.0 Å². The Morgan fingerprint density at radius 1 is 0.976 bits per heavy atom. The minimum Gasteiger partial charge on any atom is -0.331 e. The number of nitrogens with two attached hydrogens (primary N) is 1. The summed E-state index contributed by atoms with van der Waals surface area (Å²) in [5, 5.41) is 1.36. The molecular formula is C32H37Cl2N5O2. The van der Waals surface area contributed by atoms with Crippen molar-refractivity contribution in [1.82, 2.24) is 19.4 Å². The van der Waals surface area contributed by atoms with Gasteiger partial charge in [0.05, 0.1) is 39.1 Å². The number of carbonyl (C=O) groups excluding carboxylic acids is 1. The van der Waals surface area contributed by atoms with Gasteiger partial charge in [-0.05, 0) is 87.4 Å². The Morgan fingerprint density at radius 2 is 1.68 bits per heavy atom. The van der Waals surface area contributed by atoms with Crippen LogP contribution in [0.1, 0.15) is 42.8 Å². The second kappa shape index (κ2) is 14.1. The molecule has 0 radical (unpaired) electrons. The van der Waals surface area contributed by atoms with Gasteiger partial charge in [-0.15, -0.1) is 0 Å². The number of aromatic nitrogens is 2. The lowest BCUT2D eigenvalue weighted by molar-refractivity contribution is -0.133. The van der Waals surface area contributed by atoms with E-state index in [1.54, 1.807) is 22.8 Å². The van der Waals surface area contributed by atoms with Crippen LogP contribution < -0.4 is 11.3 Å². The number of likely N-dealkylation sites (N-methyl/N-ethyl adjacent to an activating group) is 1. The van der Waals surface area contributed by atoms with Gasteiger partial charge < -0.3 is 15.5 Å². The van der Waals surface area contributed by atoms with Crippen LogP contribution in [0.25, 0.3) is 16.6 Å². The predicted molar refractivity (Wildman–Crippen MR) is 168 cm³/mol. The van der Waals surface area contributed by atoms with Crippen molar-refractivity contribution in [3.63, 3.8) is 0 Å². The van der Waals surface area contributed by atoms with Gasteiger partial charge in [-0.25, -0.2) is 4.98 Å². The first kappa shape index (κ1) is 30.7. The number of hydrogen-bond donors (Lipinski definition) is 1. The van der Waals surface area contributed by atoms with Gasteiger partial charge in [-0.1, -0.05) is 60.5 Å². The van der Waals surface area contributed by atoms with Crippen LogP contribution in [0.4, 0.5) is 0 Å². The van der Waals surface area contributed by atoms with Crippen molar-refractivity contribution in [3.05, 3.63) is 104 Å². The van der Waals surface area contributed by atoms with Gasteiger partial charge in [-0.2, -0.15) is 0 Å². The molecule has 4 rings (SSSR count). The Labute approximate surface area is 251 Å². The highest BCUT2D eigenvalue weighted by atomic mass is 35.5. The number of nitrogens with zero attached hydrogens (tertiary/aromatic N) is 4. The number of para-hydroxylation sites is 1. The van der Waals surface area contributed by atoms with Crippen LogP contribution in [-0.4, -0.2) is 59.0 Å². The molecule has 1 amide bonds. The second-order valence-corrected chi connectivity index (χ2v) is 11.2. The molecule has 0 saturated carbocycles. The summed E-state index contributed by atoms with van der Waals surface area (Å²) >= 11 is 12.4. The van der Waals surface area contributed by atoms with Crippen molar-refractivity contribution in [3.8, 4) is 5.69 Å². The van der Waals surface area contributed by atoms with Gasteiger partial charge >= 0.3 is 0 Å². The molecule has 1 atom stereocenters. The molecule has 4 aromatic rings. The molecular weight excluding hydrogens is 557 g/mol. The van der Waals surface area contributed by atoms with E-state index in [2.05, 4.69) is 6.92 Å². The van der Waals surface area contributed by atoms with Crippen LogP contribution in [0, 0.1) is 0 Å². The fraction of sp³-hybridized carbons (Fsp3) is 0.344. The molecule has 2 N–H and O–H groups in total. The number of hydrogen-bond acceptors (Lipinski definition) is 5. The van der Waals surface area contributed by atoms with Crippen LogP contribution in [0.15, 0.2) is 71.5 Å². The number of rotatable bonds is 12. The molecule has 41 heavy (non-hydrogen) atoms. The van der Waals surface area contributed by atoms with Crippen molar-refractivity contribution >= 4 is 40.0 Å². The maximum absolute atomic E-state index is 14.1. The zero-order valence-electron chi connectivity index (χ0n) is 23.8. The van der Waals surface area contributed by atoms with Crippen LogP contribution in [0.5, 0.6) is 0 Å². The van der Waals surface area contributed by atoms with Crippen molar-refractivity contribution in [1.29, 1.82) is 0 Å². The molecule has 1 aromatic heterocycles. The normalized spacial score (nSPS) is 12.2. The Bertz CT molecular complexity index is 1550. The highest BCUT2D eigenvalue weighted by molar-refractivity contribution is 6.42. The molecule has 216 valence electrons. The number of benzene rings is 3. The average molecular weight is 595 g/mol. The van der Waals surface area contributed by atoms with Gasteiger partial charge in [0.15, 0.2) is 0 Å². The van der Waals surface area contributed by atoms with Crippen LogP contribution in [-0.2, 0) is 17.6 Å². The summed E-state index contributed by atoms with van der Waals surface area (Å²) in [7, 11) is 3.94. The number of aryl methyl sites for hydroxylation is 1. The molecule has 0 saturated heterocycles. The molecule has 7 nitrogen and oxygen atoms in total. The summed E-state index contributed by atoms with van der Waals surface area (Å²) in [6.07, 6.45) is 2.22. The molecule has 0 bridgehead atoms. The molecule has 3 aromatic carbocycles. The fourth-order valence-corrected chi connectivity index (χ4v) is 5.25. The van der Waals surface area contributed by atoms with E-state index in [1.165, 1.54) is 5.56 Å². The van der Waals surface area contributed by atoms with Crippen LogP contribution in [0.3, 0.4) is 0 Å². The molecule has 0 aliphatic carbocycles. The topological polar surface area (TPSA) is 84.5 Å². The van der Waals surface area contributed by atoms with E-state index < -0.39 is 6.04 Å². The Morgan fingerprint density at radius 3 is 2.34 bits per heavy atom. The number of halogens is 2. The Hall–Kier alpha value is -3.23.